The Bertz CT molecular complexity index is 454. The monoisotopic (exact) mass is 310 g/mol. The van der Waals surface area contributed by atoms with Crippen molar-refractivity contribution in [3.8, 4) is 0 Å². The van der Waals surface area contributed by atoms with Crippen LogP contribution < -0.4 is 5.32 Å². The summed E-state index contributed by atoms with van der Waals surface area (Å²) in [7, 11) is 0. The predicted molar refractivity (Wildman–Crippen MR) is 85.8 cm³/mol. The van der Waals surface area contributed by atoms with Crippen LogP contribution in [0.25, 0.3) is 0 Å². The van der Waals surface area contributed by atoms with Crippen LogP contribution in [0.4, 0.5) is 0 Å². The highest BCUT2D eigenvalue weighted by Crippen LogP contribution is 2.22. The summed E-state index contributed by atoms with van der Waals surface area (Å²) in [5.74, 6) is 0.335. The number of nitrogens with zero attached hydrogens (tertiary/aromatic N) is 3. The van der Waals surface area contributed by atoms with Crippen molar-refractivity contribution in [1.82, 2.24) is 19.8 Å². The first-order chi connectivity index (χ1) is 10.1. The van der Waals surface area contributed by atoms with E-state index in [0.29, 0.717) is 10.9 Å². The average molecular weight is 310 g/mol. The maximum Gasteiger partial charge on any atom is 0.267 e. The second-order valence-corrected chi connectivity index (χ2v) is 6.79. The molecule has 5 nitrogen and oxygen atoms in total. The summed E-state index contributed by atoms with van der Waals surface area (Å²) in [5, 5.41) is 7.66. The van der Waals surface area contributed by atoms with Gasteiger partial charge in [0, 0.05) is 19.1 Å². The lowest BCUT2D eigenvalue weighted by Gasteiger charge is -2.30. The molecular formula is C15H26N4OS. The van der Waals surface area contributed by atoms with Crippen LogP contribution in [0.2, 0.25) is 0 Å². The van der Waals surface area contributed by atoms with Gasteiger partial charge in [0.15, 0.2) is 0 Å². The van der Waals surface area contributed by atoms with Gasteiger partial charge >= 0.3 is 0 Å². The van der Waals surface area contributed by atoms with Crippen molar-refractivity contribution >= 4 is 17.4 Å². The van der Waals surface area contributed by atoms with Crippen molar-refractivity contribution in [1.29, 1.82) is 0 Å². The number of nitrogens with one attached hydrogen (secondary N) is 1. The third kappa shape index (κ3) is 4.23. The fraction of sp³-hybridized carbons (Fsp3) is 0.800. The fourth-order valence-corrected chi connectivity index (χ4v) is 3.55. The number of aromatic nitrogens is 2. The minimum atomic E-state index is 0.0999. The van der Waals surface area contributed by atoms with E-state index in [4.69, 9.17) is 0 Å². The molecule has 1 aromatic heterocycles. The molecule has 0 bridgehead atoms. The highest BCUT2D eigenvalue weighted by Gasteiger charge is 2.26. The molecule has 1 unspecified atom stereocenters. The van der Waals surface area contributed by atoms with Crippen molar-refractivity contribution in [2.45, 2.75) is 58.4 Å². The highest BCUT2D eigenvalue weighted by molar-refractivity contribution is 7.08. The van der Waals surface area contributed by atoms with Gasteiger partial charge in [-0.15, -0.1) is 5.10 Å². The largest absolute Gasteiger partial charge is 0.336 e. The number of carbonyl (C=O) groups excluding carboxylic acids is 1. The molecule has 1 saturated heterocycles. The molecule has 1 aromatic rings. The smallest absolute Gasteiger partial charge is 0.267 e. The predicted octanol–water partition coefficient (Wildman–Crippen LogP) is 2.66. The quantitative estimate of drug-likeness (QED) is 0.877. The van der Waals surface area contributed by atoms with Gasteiger partial charge in [0.1, 0.15) is 4.88 Å². The lowest BCUT2D eigenvalue weighted by atomic mass is 10.0. The van der Waals surface area contributed by atoms with Crippen molar-refractivity contribution in [3.63, 3.8) is 0 Å². The van der Waals surface area contributed by atoms with E-state index in [2.05, 4.69) is 35.7 Å². The van der Waals surface area contributed by atoms with Gasteiger partial charge in [0.05, 0.1) is 5.69 Å². The van der Waals surface area contributed by atoms with Gasteiger partial charge in [0.2, 0.25) is 0 Å². The van der Waals surface area contributed by atoms with E-state index in [1.54, 1.807) is 0 Å². The van der Waals surface area contributed by atoms with Gasteiger partial charge in [-0.2, -0.15) is 0 Å². The van der Waals surface area contributed by atoms with Crippen molar-refractivity contribution in [2.24, 2.45) is 0 Å². The lowest BCUT2D eigenvalue weighted by Crippen LogP contribution is -2.46. The number of hydrogen-bond donors (Lipinski definition) is 1. The molecule has 0 aromatic carbocycles. The fourth-order valence-electron chi connectivity index (χ4n) is 2.76. The van der Waals surface area contributed by atoms with E-state index >= 15 is 0 Å². The summed E-state index contributed by atoms with van der Waals surface area (Å²) < 4.78 is 3.98. The van der Waals surface area contributed by atoms with Crippen LogP contribution in [0.5, 0.6) is 0 Å². The van der Waals surface area contributed by atoms with Crippen molar-refractivity contribution < 1.29 is 4.79 Å². The van der Waals surface area contributed by atoms with Crippen molar-refractivity contribution in [3.05, 3.63) is 10.6 Å². The van der Waals surface area contributed by atoms with Gasteiger partial charge in [-0.1, -0.05) is 31.7 Å². The van der Waals surface area contributed by atoms with Crippen LogP contribution in [-0.4, -0.2) is 46.1 Å². The molecule has 1 atom stereocenters. The summed E-state index contributed by atoms with van der Waals surface area (Å²) in [5.41, 5.74) is 0.836. The summed E-state index contributed by atoms with van der Waals surface area (Å²) in [6.07, 6.45) is 4.63. The Kier molecular flexibility index (Phi) is 6.11. The second kappa shape index (κ2) is 7.84. The third-order valence-corrected chi connectivity index (χ3v) is 4.62. The summed E-state index contributed by atoms with van der Waals surface area (Å²) >= 11 is 1.23. The van der Waals surface area contributed by atoms with Crippen LogP contribution in [0.3, 0.4) is 0 Å². The Hall–Kier alpha value is -1.01. The Morgan fingerprint density at radius 3 is 2.90 bits per heavy atom. The molecule has 1 fully saturated rings. The first-order valence-corrected chi connectivity index (χ1v) is 8.75. The van der Waals surface area contributed by atoms with Crippen LogP contribution in [0.1, 0.15) is 67.7 Å². The number of amides is 1. The average Bonchev–Trinajstić information content (AvgIpc) is 2.97. The summed E-state index contributed by atoms with van der Waals surface area (Å²) in [6.45, 7) is 8.89. The number of carbonyl (C=O) groups is 1. The zero-order valence-electron chi connectivity index (χ0n) is 13.3. The number of piperidine rings is 1. The Labute approximate surface area is 131 Å². The molecule has 2 heterocycles. The topological polar surface area (TPSA) is 58.1 Å². The maximum absolute atomic E-state index is 12.8. The van der Waals surface area contributed by atoms with Gasteiger partial charge < -0.3 is 10.2 Å². The summed E-state index contributed by atoms with van der Waals surface area (Å²) in [6, 6.07) is 0.428. The van der Waals surface area contributed by atoms with Crippen LogP contribution >= 0.6 is 11.5 Å². The second-order valence-electron chi connectivity index (χ2n) is 6.04. The molecule has 0 aliphatic carbocycles. The molecule has 118 valence electrons. The van der Waals surface area contributed by atoms with E-state index in [-0.39, 0.29) is 11.8 Å². The molecule has 21 heavy (non-hydrogen) atoms. The first kappa shape index (κ1) is 16.4. The molecule has 1 aliphatic rings. The van der Waals surface area contributed by atoms with Gasteiger partial charge in [-0.05, 0) is 43.3 Å². The maximum atomic E-state index is 12.8. The minimum absolute atomic E-state index is 0.0999. The Morgan fingerprint density at radius 1 is 1.48 bits per heavy atom. The summed E-state index contributed by atoms with van der Waals surface area (Å²) in [4.78, 5) is 15.5. The van der Waals surface area contributed by atoms with Crippen LogP contribution in [-0.2, 0) is 0 Å². The lowest BCUT2D eigenvalue weighted by molar-refractivity contribution is 0.0735. The van der Waals surface area contributed by atoms with Crippen LogP contribution in [0, 0.1) is 0 Å². The molecular weight excluding hydrogens is 284 g/mol. The third-order valence-electron chi connectivity index (χ3n) is 3.89. The zero-order chi connectivity index (χ0) is 15.2. The molecule has 0 spiro atoms. The van der Waals surface area contributed by atoms with Crippen LogP contribution in [0.15, 0.2) is 0 Å². The highest BCUT2D eigenvalue weighted by atomic mass is 32.1. The Balaban J connectivity index is 2.08. The Morgan fingerprint density at radius 2 is 2.29 bits per heavy atom. The van der Waals surface area contributed by atoms with Gasteiger partial charge in [0.25, 0.3) is 5.91 Å². The first-order valence-electron chi connectivity index (χ1n) is 7.98. The zero-order valence-corrected chi connectivity index (χ0v) is 14.1. The van der Waals surface area contributed by atoms with E-state index in [9.17, 15) is 4.79 Å². The standard InChI is InChI=1S/C15H26N4OS/c1-4-9-19(10-12-7-5-6-8-16-12)15(20)14-13(11(2)3)17-18-21-14/h11-12,16H,4-10H2,1-3H3. The minimum Gasteiger partial charge on any atom is -0.336 e. The molecule has 2 rings (SSSR count). The van der Waals surface area contributed by atoms with E-state index in [1.807, 2.05) is 4.90 Å². The normalized spacial score (nSPS) is 19.0. The van der Waals surface area contributed by atoms with E-state index < -0.39 is 0 Å². The molecule has 1 aliphatic heterocycles. The van der Waals surface area contributed by atoms with E-state index in [0.717, 1.165) is 38.2 Å². The van der Waals surface area contributed by atoms with Gasteiger partial charge in [-0.3, -0.25) is 4.79 Å². The van der Waals surface area contributed by atoms with E-state index in [1.165, 1.54) is 24.4 Å². The molecule has 1 amide bonds. The SMILES string of the molecule is CCCN(CC1CCCCN1)C(=O)c1snnc1C(C)C. The molecule has 0 radical (unpaired) electrons. The molecule has 1 N–H and O–H groups in total. The molecule has 0 saturated carbocycles. The number of rotatable bonds is 6. The number of hydrogen-bond acceptors (Lipinski definition) is 5. The van der Waals surface area contributed by atoms with Crippen molar-refractivity contribution in [2.75, 3.05) is 19.6 Å². The van der Waals surface area contributed by atoms with Gasteiger partial charge in [-0.25, -0.2) is 0 Å². The molecule has 6 heteroatoms.